The van der Waals surface area contributed by atoms with E-state index in [1.54, 1.807) is 4.57 Å². The minimum absolute atomic E-state index is 0.313. The number of nitrogens with two attached hydrogens (primary N) is 2. The Hall–Kier alpha value is -3.77. The number of benzene rings is 2. The van der Waals surface area contributed by atoms with Crippen LogP contribution in [0.4, 0.5) is 11.6 Å². The lowest BCUT2D eigenvalue weighted by molar-refractivity contribution is -0.0791. The first-order valence-electron chi connectivity index (χ1n) is 12.6. The lowest BCUT2D eigenvalue weighted by Crippen LogP contribution is -2.47. The van der Waals surface area contributed by atoms with Crippen molar-refractivity contribution in [2.24, 2.45) is 0 Å². The summed E-state index contributed by atoms with van der Waals surface area (Å²) in [6, 6.07) is 17.2. The summed E-state index contributed by atoms with van der Waals surface area (Å²) in [5.74, 6) is 1.28. The molecule has 11 heteroatoms. The Balaban J connectivity index is 1.23. The number of nitrogen functional groups attached to an aromatic ring is 2. The number of aliphatic hydroxyl groups is 2. The van der Waals surface area contributed by atoms with Crippen LogP contribution in [-0.4, -0.2) is 53.6 Å². The Morgan fingerprint density at radius 3 is 2.72 bits per heavy atom. The zero-order valence-electron chi connectivity index (χ0n) is 20.6. The van der Waals surface area contributed by atoms with E-state index < -0.39 is 30.1 Å². The van der Waals surface area contributed by atoms with Crippen LogP contribution < -0.4 is 16.2 Å². The van der Waals surface area contributed by atoms with Crippen LogP contribution in [-0.2, 0) is 4.74 Å². The molecule has 1 saturated heterocycles. The van der Waals surface area contributed by atoms with Gasteiger partial charge >= 0.3 is 0 Å². The molecule has 4 heterocycles. The number of pyridine rings is 1. The van der Waals surface area contributed by atoms with Crippen LogP contribution in [0, 0.1) is 0 Å². The fourth-order valence-electron chi connectivity index (χ4n) is 5.84. The van der Waals surface area contributed by atoms with Crippen LogP contribution in [0.5, 0.6) is 5.75 Å². The lowest BCUT2D eigenvalue weighted by atomic mass is 9.94. The van der Waals surface area contributed by atoms with Gasteiger partial charge in [-0.1, -0.05) is 30.3 Å². The molecule has 0 spiro atoms. The van der Waals surface area contributed by atoms with Gasteiger partial charge in [-0.05, 0) is 52.5 Å². The van der Waals surface area contributed by atoms with E-state index in [4.69, 9.17) is 20.9 Å². The molecule has 0 bridgehead atoms. The molecule has 2 aromatic carbocycles. The molecule has 198 valence electrons. The number of aromatic nitrogens is 4. The molecule has 0 amide bonds. The average Bonchev–Trinajstić information content (AvgIpc) is 3.55. The van der Waals surface area contributed by atoms with Gasteiger partial charge in [0.1, 0.15) is 53.3 Å². The fraction of sp³-hybridized carbons (Fsp3) is 0.250. The third-order valence-corrected chi connectivity index (χ3v) is 8.42. The SMILES string of the molecule is Nc1nc2cc(O[C@H]3CC[C@@]4(O)[C@@H]3O[C@@H](n3cc(-c5ccccc5)c5c(N)ncnc53)[C@@H]4O)ccc2cc1Br. The molecule has 1 aliphatic heterocycles. The highest BCUT2D eigenvalue weighted by Crippen LogP contribution is 2.49. The molecule has 2 aliphatic rings. The van der Waals surface area contributed by atoms with Gasteiger partial charge in [-0.25, -0.2) is 15.0 Å². The second kappa shape index (κ2) is 8.88. The largest absolute Gasteiger partial charge is 0.488 e. The van der Waals surface area contributed by atoms with Gasteiger partial charge in [-0.2, -0.15) is 0 Å². The van der Waals surface area contributed by atoms with E-state index in [-0.39, 0.29) is 0 Å². The van der Waals surface area contributed by atoms with Gasteiger partial charge in [0.2, 0.25) is 0 Å². The lowest BCUT2D eigenvalue weighted by Gasteiger charge is -2.26. The molecule has 0 unspecified atom stereocenters. The first kappa shape index (κ1) is 24.3. The van der Waals surface area contributed by atoms with E-state index in [1.807, 2.05) is 60.8 Å². The molecule has 6 N–H and O–H groups in total. The van der Waals surface area contributed by atoms with Crippen molar-refractivity contribution in [3.8, 4) is 16.9 Å². The molecular formula is C28H25BrN6O4. The van der Waals surface area contributed by atoms with Crippen molar-refractivity contribution in [2.45, 2.75) is 43.0 Å². The van der Waals surface area contributed by atoms with E-state index in [0.29, 0.717) is 46.8 Å². The minimum atomic E-state index is -1.50. The maximum absolute atomic E-state index is 11.6. The number of aliphatic hydroxyl groups excluding tert-OH is 1. The van der Waals surface area contributed by atoms with E-state index in [1.165, 1.54) is 6.33 Å². The summed E-state index contributed by atoms with van der Waals surface area (Å²) >= 11 is 3.40. The zero-order valence-corrected chi connectivity index (χ0v) is 22.2. The van der Waals surface area contributed by atoms with E-state index in [9.17, 15) is 10.2 Å². The highest BCUT2D eigenvalue weighted by molar-refractivity contribution is 9.10. The van der Waals surface area contributed by atoms with Crippen LogP contribution in [0.15, 0.2) is 71.6 Å². The van der Waals surface area contributed by atoms with Crippen LogP contribution in [0.1, 0.15) is 19.1 Å². The van der Waals surface area contributed by atoms with Gasteiger partial charge < -0.3 is 35.7 Å². The summed E-state index contributed by atoms with van der Waals surface area (Å²) in [7, 11) is 0. The second-order valence-corrected chi connectivity index (χ2v) is 10.9. The number of fused-ring (bicyclic) bond motifs is 3. The predicted molar refractivity (Wildman–Crippen MR) is 150 cm³/mol. The highest BCUT2D eigenvalue weighted by atomic mass is 79.9. The molecule has 1 saturated carbocycles. The van der Waals surface area contributed by atoms with Crippen molar-refractivity contribution in [1.29, 1.82) is 0 Å². The van der Waals surface area contributed by atoms with Crippen LogP contribution in [0.25, 0.3) is 33.1 Å². The number of anilines is 2. The second-order valence-electron chi connectivity index (χ2n) is 10.1. The standard InChI is InChI=1S/C28H25BrN6O4/c29-18-10-15-6-7-16(11-19(15)34-24(18)30)38-20-8-9-28(37)22(36)27(39-23(20)28)35-12-17(14-4-2-1-3-5-14)21-25(31)32-13-33-26(21)35/h1-7,10-13,20,22-23,27,36-37H,8-9H2,(H2,30,34)(H2,31,32,33)/t20-,22-,23+,27+,28-/m0/s1. The van der Waals surface area contributed by atoms with Crippen molar-refractivity contribution in [2.75, 3.05) is 11.5 Å². The van der Waals surface area contributed by atoms with Crippen LogP contribution in [0.2, 0.25) is 0 Å². The van der Waals surface area contributed by atoms with Gasteiger partial charge in [0.15, 0.2) is 6.23 Å². The molecule has 0 radical (unpaired) electrons. The molecule has 10 nitrogen and oxygen atoms in total. The monoisotopic (exact) mass is 588 g/mol. The van der Waals surface area contributed by atoms with Crippen LogP contribution >= 0.6 is 15.9 Å². The van der Waals surface area contributed by atoms with Gasteiger partial charge in [-0.3, -0.25) is 0 Å². The number of nitrogens with zero attached hydrogens (tertiary/aromatic N) is 4. The van der Waals surface area contributed by atoms with Crippen molar-refractivity contribution >= 4 is 49.5 Å². The quantitative estimate of drug-likeness (QED) is 0.245. The summed E-state index contributed by atoms with van der Waals surface area (Å²) < 4.78 is 15.1. The first-order valence-corrected chi connectivity index (χ1v) is 13.4. The average molecular weight is 589 g/mol. The molecule has 39 heavy (non-hydrogen) atoms. The predicted octanol–water partition coefficient (Wildman–Crippen LogP) is 3.80. The molecule has 7 rings (SSSR count). The Morgan fingerprint density at radius 1 is 1.08 bits per heavy atom. The van der Waals surface area contributed by atoms with Crippen LogP contribution in [0.3, 0.4) is 0 Å². The summed E-state index contributed by atoms with van der Waals surface area (Å²) in [5.41, 5.74) is 13.7. The Morgan fingerprint density at radius 2 is 1.90 bits per heavy atom. The number of halogens is 1. The Labute approximate surface area is 231 Å². The normalized spacial score (nSPS) is 26.3. The van der Waals surface area contributed by atoms with Gasteiger partial charge in [0, 0.05) is 23.2 Å². The summed E-state index contributed by atoms with van der Waals surface area (Å²) in [4.78, 5) is 13.1. The van der Waals surface area contributed by atoms with Crippen molar-refractivity contribution < 1.29 is 19.7 Å². The van der Waals surface area contributed by atoms with Gasteiger partial charge in [-0.15, -0.1) is 0 Å². The van der Waals surface area contributed by atoms with Crippen molar-refractivity contribution in [1.82, 2.24) is 19.5 Å². The summed E-state index contributed by atoms with van der Waals surface area (Å²) in [6.45, 7) is 0. The molecule has 3 aromatic heterocycles. The van der Waals surface area contributed by atoms with E-state index in [0.717, 1.165) is 21.0 Å². The van der Waals surface area contributed by atoms with E-state index in [2.05, 4.69) is 30.9 Å². The first-order chi connectivity index (χ1) is 18.8. The third kappa shape index (κ3) is 3.76. The smallest absolute Gasteiger partial charge is 0.164 e. The maximum Gasteiger partial charge on any atom is 0.164 e. The molecular weight excluding hydrogens is 564 g/mol. The van der Waals surface area contributed by atoms with Gasteiger partial charge in [0.25, 0.3) is 0 Å². The maximum atomic E-state index is 11.6. The molecule has 1 aliphatic carbocycles. The number of hydrogen-bond donors (Lipinski definition) is 4. The van der Waals surface area contributed by atoms with E-state index >= 15 is 0 Å². The fourth-order valence-corrected chi connectivity index (χ4v) is 6.18. The zero-order chi connectivity index (χ0) is 26.9. The number of hydrogen-bond acceptors (Lipinski definition) is 9. The summed E-state index contributed by atoms with van der Waals surface area (Å²) in [5, 5.41) is 24.6. The molecule has 2 fully saturated rings. The van der Waals surface area contributed by atoms with Crippen molar-refractivity contribution in [3.05, 3.63) is 71.6 Å². The topological polar surface area (TPSA) is 155 Å². The highest BCUT2D eigenvalue weighted by Gasteiger charge is 2.63. The third-order valence-electron chi connectivity index (χ3n) is 7.78. The molecule has 5 atom stereocenters. The van der Waals surface area contributed by atoms with Gasteiger partial charge in [0.05, 0.1) is 15.4 Å². The Kier molecular flexibility index (Phi) is 5.53. The van der Waals surface area contributed by atoms with Crippen molar-refractivity contribution in [3.63, 3.8) is 0 Å². The molecule has 5 aromatic rings. The number of rotatable bonds is 4. The Bertz CT molecular complexity index is 1730. The number of ether oxygens (including phenoxy) is 2. The minimum Gasteiger partial charge on any atom is -0.488 e. The summed E-state index contributed by atoms with van der Waals surface area (Å²) in [6.07, 6.45) is 0.658.